The van der Waals surface area contributed by atoms with Crippen molar-refractivity contribution >= 4 is 23.1 Å². The van der Waals surface area contributed by atoms with Crippen LogP contribution in [0.2, 0.25) is 0 Å². The first-order valence-electron chi connectivity index (χ1n) is 8.98. The van der Waals surface area contributed by atoms with Gasteiger partial charge in [-0.25, -0.2) is 9.98 Å². The molecule has 5 rings (SSSR count). The monoisotopic (exact) mass is 374 g/mol. The molecular formula is C22H18N2O2S. The number of rotatable bonds is 4. The van der Waals surface area contributed by atoms with Crippen molar-refractivity contribution < 1.29 is 9.47 Å². The lowest BCUT2D eigenvalue weighted by Gasteiger charge is -2.03. The maximum atomic E-state index is 5.85. The molecule has 3 heterocycles. The zero-order valence-corrected chi connectivity index (χ0v) is 15.4. The van der Waals surface area contributed by atoms with Gasteiger partial charge in [0, 0.05) is 0 Å². The number of thiophene rings is 1. The van der Waals surface area contributed by atoms with E-state index in [1.54, 1.807) is 11.3 Å². The van der Waals surface area contributed by atoms with Gasteiger partial charge in [0.2, 0.25) is 11.8 Å². The van der Waals surface area contributed by atoms with E-state index in [2.05, 4.69) is 24.3 Å². The summed E-state index contributed by atoms with van der Waals surface area (Å²) in [4.78, 5) is 11.5. The van der Waals surface area contributed by atoms with E-state index in [-0.39, 0.29) is 12.1 Å². The van der Waals surface area contributed by atoms with Gasteiger partial charge in [0.1, 0.15) is 25.3 Å². The molecule has 0 saturated heterocycles. The van der Waals surface area contributed by atoms with Crippen molar-refractivity contribution in [1.29, 1.82) is 0 Å². The molecule has 0 radical (unpaired) electrons. The van der Waals surface area contributed by atoms with Crippen LogP contribution >= 0.6 is 11.3 Å². The Morgan fingerprint density at radius 1 is 0.630 bits per heavy atom. The molecule has 0 N–H and O–H groups in total. The van der Waals surface area contributed by atoms with Gasteiger partial charge in [-0.1, -0.05) is 60.7 Å². The van der Waals surface area contributed by atoms with Crippen molar-refractivity contribution in [1.82, 2.24) is 0 Å². The van der Waals surface area contributed by atoms with Crippen LogP contribution in [-0.2, 0) is 9.47 Å². The third-order valence-corrected chi connectivity index (χ3v) is 5.76. The smallest absolute Gasteiger partial charge is 0.227 e. The Hall–Kier alpha value is -2.92. The highest BCUT2D eigenvalue weighted by atomic mass is 32.1. The third-order valence-electron chi connectivity index (χ3n) is 4.70. The third kappa shape index (κ3) is 3.26. The Kier molecular flexibility index (Phi) is 4.22. The molecule has 0 unspecified atom stereocenters. The molecular weight excluding hydrogens is 356 g/mol. The normalized spacial score (nSPS) is 21.3. The molecule has 0 fully saturated rings. The van der Waals surface area contributed by atoms with Crippen LogP contribution in [0.5, 0.6) is 0 Å². The predicted octanol–water partition coefficient (Wildman–Crippen LogP) is 4.78. The number of hydrogen-bond donors (Lipinski definition) is 0. The first-order valence-corrected chi connectivity index (χ1v) is 9.80. The highest BCUT2D eigenvalue weighted by Crippen LogP contribution is 2.30. The summed E-state index contributed by atoms with van der Waals surface area (Å²) in [6, 6.07) is 24.7. The zero-order chi connectivity index (χ0) is 18.1. The molecule has 2 aliphatic heterocycles. The summed E-state index contributed by atoms with van der Waals surface area (Å²) >= 11 is 1.61. The van der Waals surface area contributed by atoms with Crippen molar-refractivity contribution in [3.8, 4) is 0 Å². The number of benzene rings is 2. The molecule has 27 heavy (non-hydrogen) atoms. The summed E-state index contributed by atoms with van der Waals surface area (Å²) in [5, 5.41) is 0. The first-order chi connectivity index (χ1) is 13.4. The molecule has 1 aromatic heterocycles. The minimum Gasteiger partial charge on any atom is -0.474 e. The van der Waals surface area contributed by atoms with Crippen LogP contribution in [-0.4, -0.2) is 25.0 Å². The molecule has 0 aliphatic carbocycles. The average molecular weight is 374 g/mol. The Bertz CT molecular complexity index is 915. The van der Waals surface area contributed by atoms with Crippen LogP contribution in [0.15, 0.2) is 82.8 Å². The Labute approximate surface area is 161 Å². The molecule has 3 aromatic rings. The van der Waals surface area contributed by atoms with E-state index in [1.165, 1.54) is 11.1 Å². The van der Waals surface area contributed by atoms with E-state index in [0.717, 1.165) is 9.75 Å². The van der Waals surface area contributed by atoms with Crippen LogP contribution in [0.3, 0.4) is 0 Å². The van der Waals surface area contributed by atoms with Crippen LogP contribution < -0.4 is 0 Å². The fraction of sp³-hybridized carbons (Fsp3) is 0.182. The van der Waals surface area contributed by atoms with Crippen LogP contribution in [0.1, 0.15) is 33.0 Å². The Balaban J connectivity index is 1.35. The van der Waals surface area contributed by atoms with Gasteiger partial charge in [-0.15, -0.1) is 11.3 Å². The van der Waals surface area contributed by atoms with Crippen LogP contribution in [0, 0.1) is 0 Å². The second kappa shape index (κ2) is 7.00. The zero-order valence-electron chi connectivity index (χ0n) is 14.6. The molecule has 5 heteroatoms. The predicted molar refractivity (Wildman–Crippen MR) is 108 cm³/mol. The number of hydrogen-bond acceptors (Lipinski definition) is 5. The van der Waals surface area contributed by atoms with Crippen LogP contribution in [0.25, 0.3) is 0 Å². The van der Waals surface area contributed by atoms with Gasteiger partial charge in [-0.2, -0.15) is 0 Å². The van der Waals surface area contributed by atoms with E-state index in [9.17, 15) is 0 Å². The number of aliphatic imine (C=N–C) groups is 2. The molecule has 0 saturated carbocycles. The van der Waals surface area contributed by atoms with E-state index in [1.807, 2.05) is 48.5 Å². The van der Waals surface area contributed by atoms with Gasteiger partial charge in [-0.3, -0.25) is 0 Å². The van der Waals surface area contributed by atoms with Gasteiger partial charge in [0.05, 0.1) is 9.75 Å². The molecule has 2 aliphatic rings. The lowest BCUT2D eigenvalue weighted by atomic mass is 10.1. The molecule has 134 valence electrons. The molecule has 4 nitrogen and oxygen atoms in total. The summed E-state index contributed by atoms with van der Waals surface area (Å²) in [5.41, 5.74) is 2.36. The summed E-state index contributed by atoms with van der Waals surface area (Å²) in [6.07, 6.45) is 0. The molecule has 2 atom stereocenters. The lowest BCUT2D eigenvalue weighted by molar-refractivity contribution is 0.320. The number of ether oxygens (including phenoxy) is 2. The largest absolute Gasteiger partial charge is 0.474 e. The topological polar surface area (TPSA) is 43.2 Å². The fourth-order valence-corrected chi connectivity index (χ4v) is 4.18. The van der Waals surface area contributed by atoms with E-state index in [0.29, 0.717) is 25.0 Å². The van der Waals surface area contributed by atoms with Gasteiger partial charge in [0.15, 0.2) is 0 Å². The quantitative estimate of drug-likeness (QED) is 0.659. The van der Waals surface area contributed by atoms with Crippen molar-refractivity contribution in [3.63, 3.8) is 0 Å². The summed E-state index contributed by atoms with van der Waals surface area (Å²) in [7, 11) is 0. The summed E-state index contributed by atoms with van der Waals surface area (Å²) in [6.45, 7) is 1.17. The maximum absolute atomic E-state index is 5.85. The van der Waals surface area contributed by atoms with Gasteiger partial charge >= 0.3 is 0 Å². The van der Waals surface area contributed by atoms with E-state index < -0.39 is 0 Å². The van der Waals surface area contributed by atoms with Crippen LogP contribution in [0.4, 0.5) is 0 Å². The molecule has 2 aromatic carbocycles. The minimum atomic E-state index is 0.0642. The summed E-state index contributed by atoms with van der Waals surface area (Å²) in [5.74, 6) is 1.41. The van der Waals surface area contributed by atoms with Crippen molar-refractivity contribution in [2.75, 3.05) is 13.2 Å². The Morgan fingerprint density at radius 3 is 1.52 bits per heavy atom. The van der Waals surface area contributed by atoms with Crippen molar-refractivity contribution in [2.45, 2.75) is 12.1 Å². The summed E-state index contributed by atoms with van der Waals surface area (Å²) < 4.78 is 11.7. The highest BCUT2D eigenvalue weighted by Gasteiger charge is 2.26. The van der Waals surface area contributed by atoms with Gasteiger partial charge < -0.3 is 9.47 Å². The van der Waals surface area contributed by atoms with E-state index >= 15 is 0 Å². The Morgan fingerprint density at radius 2 is 1.07 bits per heavy atom. The second-order valence-corrected chi connectivity index (χ2v) is 7.59. The van der Waals surface area contributed by atoms with Gasteiger partial charge in [0.25, 0.3) is 0 Å². The SMILES string of the molecule is c1ccc([C@@H]2COC(c3ccc(C4=N[C@H](c5ccccc5)CO4)s3)=N2)cc1. The first kappa shape index (κ1) is 16.3. The number of nitrogens with zero attached hydrogens (tertiary/aromatic N) is 2. The fourth-order valence-electron chi connectivity index (χ4n) is 3.28. The second-order valence-electron chi connectivity index (χ2n) is 6.51. The van der Waals surface area contributed by atoms with Gasteiger partial charge in [-0.05, 0) is 23.3 Å². The van der Waals surface area contributed by atoms with Crippen molar-refractivity contribution in [3.05, 3.63) is 93.7 Å². The average Bonchev–Trinajstić information content (AvgIpc) is 3.49. The van der Waals surface area contributed by atoms with Crippen molar-refractivity contribution in [2.24, 2.45) is 9.98 Å². The minimum absolute atomic E-state index is 0.0642. The molecule has 0 spiro atoms. The molecule has 0 amide bonds. The highest BCUT2D eigenvalue weighted by molar-refractivity contribution is 7.16. The molecule has 0 bridgehead atoms. The standard InChI is InChI=1S/C22H18N2O2S/c1-3-7-15(8-4-1)17-13-25-21(23-17)19-11-12-20(27-19)22-24-18(14-26-22)16-9-5-2-6-10-16/h1-12,17-18H,13-14H2/t17-,18-/m0/s1. The van der Waals surface area contributed by atoms with E-state index in [4.69, 9.17) is 19.5 Å². The maximum Gasteiger partial charge on any atom is 0.227 e. The lowest BCUT2D eigenvalue weighted by Crippen LogP contribution is -2.00.